The van der Waals surface area contributed by atoms with Crippen LogP contribution >= 0.6 is 0 Å². The number of halogens is 4. The molecule has 0 aliphatic rings. The van der Waals surface area contributed by atoms with E-state index in [4.69, 9.17) is 0 Å². The zero-order chi connectivity index (χ0) is 16.2. The van der Waals surface area contributed by atoms with Crippen LogP contribution in [0.15, 0.2) is 54.6 Å². The molecule has 0 unspecified atom stereocenters. The molecule has 2 aromatic rings. The number of hydrogen-bond donors (Lipinski definition) is 0. The number of hydrogen-bond acceptors (Lipinski definition) is 2. The fourth-order valence-electron chi connectivity index (χ4n) is 1.69. The van der Waals surface area contributed by atoms with Gasteiger partial charge in [-0.05, 0) is 29.8 Å². The fraction of sp³-hybridized carbons (Fsp3) is 0.0625. The Balaban J connectivity index is 2.14. The van der Waals surface area contributed by atoms with Crippen LogP contribution in [0, 0.1) is 5.82 Å². The minimum Gasteiger partial charge on any atom is -0.403 e. The Morgan fingerprint density at radius 2 is 1.73 bits per heavy atom. The number of ether oxygens (including phenoxy) is 1. The lowest BCUT2D eigenvalue weighted by Crippen LogP contribution is -2.18. The molecule has 2 aromatic carbocycles. The van der Waals surface area contributed by atoms with E-state index in [9.17, 15) is 22.4 Å². The van der Waals surface area contributed by atoms with Gasteiger partial charge in [0, 0.05) is 5.56 Å². The lowest BCUT2D eigenvalue weighted by Gasteiger charge is -2.09. The van der Waals surface area contributed by atoms with E-state index in [1.807, 2.05) is 6.07 Å². The number of rotatable bonds is 4. The molecule has 0 saturated heterocycles. The molecule has 0 amide bonds. The summed E-state index contributed by atoms with van der Waals surface area (Å²) in [5, 5.41) is 0. The van der Waals surface area contributed by atoms with Crippen molar-refractivity contribution >= 4 is 11.9 Å². The van der Waals surface area contributed by atoms with Crippen molar-refractivity contribution < 1.29 is 27.1 Å². The number of allylic oxidation sites excluding steroid dienone is 1. The molecule has 0 N–H and O–H groups in total. The van der Waals surface area contributed by atoms with Gasteiger partial charge in [-0.15, -0.1) is 13.2 Å². The number of alkyl halides is 3. The third kappa shape index (κ3) is 4.44. The second-order valence-electron chi connectivity index (χ2n) is 4.30. The molecule has 22 heavy (non-hydrogen) atoms. The van der Waals surface area contributed by atoms with Crippen molar-refractivity contribution in [3.05, 3.63) is 71.6 Å². The molecule has 0 atom stereocenters. The second-order valence-corrected chi connectivity index (χ2v) is 4.30. The molecule has 0 fully saturated rings. The third-order valence-electron chi connectivity index (χ3n) is 2.67. The van der Waals surface area contributed by atoms with Gasteiger partial charge >= 0.3 is 6.36 Å². The number of ketones is 1. The molecular weight excluding hydrogens is 300 g/mol. The Hall–Kier alpha value is -2.63. The first kappa shape index (κ1) is 15.8. The number of carbonyl (C=O) groups excluding carboxylic acids is 1. The first-order valence-electron chi connectivity index (χ1n) is 6.18. The maximum absolute atomic E-state index is 13.5. The Labute approximate surface area is 123 Å². The van der Waals surface area contributed by atoms with Crippen molar-refractivity contribution in [2.45, 2.75) is 6.36 Å². The van der Waals surface area contributed by atoms with E-state index >= 15 is 0 Å². The van der Waals surface area contributed by atoms with Crippen LogP contribution in [0.2, 0.25) is 0 Å². The zero-order valence-electron chi connectivity index (χ0n) is 11.1. The SMILES string of the molecule is O=C(C=Cc1ccccc1)c1ccc(OC(F)(F)F)c(F)c1. The first-order valence-corrected chi connectivity index (χ1v) is 6.18. The molecule has 0 aromatic heterocycles. The average Bonchev–Trinajstić information content (AvgIpc) is 2.46. The molecule has 6 heteroatoms. The largest absolute Gasteiger partial charge is 0.573 e. The van der Waals surface area contributed by atoms with E-state index in [1.165, 1.54) is 12.2 Å². The molecule has 0 heterocycles. The van der Waals surface area contributed by atoms with Gasteiger partial charge in [0.05, 0.1) is 0 Å². The monoisotopic (exact) mass is 310 g/mol. The van der Waals surface area contributed by atoms with Gasteiger partial charge in [0.15, 0.2) is 17.3 Å². The van der Waals surface area contributed by atoms with Crippen LogP contribution < -0.4 is 4.74 Å². The van der Waals surface area contributed by atoms with E-state index in [1.54, 1.807) is 24.3 Å². The summed E-state index contributed by atoms with van der Waals surface area (Å²) < 4.78 is 53.1. The van der Waals surface area contributed by atoms with Crippen molar-refractivity contribution in [1.82, 2.24) is 0 Å². The minimum absolute atomic E-state index is 0.0702. The standard InChI is InChI=1S/C16H10F4O2/c17-13-10-12(7-9-15(13)22-16(18,19)20)14(21)8-6-11-4-2-1-3-5-11/h1-10H. The molecule has 0 aliphatic heterocycles. The highest BCUT2D eigenvalue weighted by Gasteiger charge is 2.32. The highest BCUT2D eigenvalue weighted by molar-refractivity contribution is 6.06. The highest BCUT2D eigenvalue weighted by Crippen LogP contribution is 2.26. The zero-order valence-corrected chi connectivity index (χ0v) is 11.1. The summed E-state index contributed by atoms with van der Waals surface area (Å²) in [6.07, 6.45) is -2.24. The molecule has 114 valence electrons. The Morgan fingerprint density at radius 1 is 1.05 bits per heavy atom. The van der Waals surface area contributed by atoms with Crippen LogP contribution in [0.25, 0.3) is 6.08 Å². The topological polar surface area (TPSA) is 26.3 Å². The van der Waals surface area contributed by atoms with E-state index in [0.29, 0.717) is 6.07 Å². The maximum Gasteiger partial charge on any atom is 0.573 e. The van der Waals surface area contributed by atoms with E-state index in [2.05, 4.69) is 4.74 Å². The predicted octanol–water partition coefficient (Wildman–Crippen LogP) is 4.62. The van der Waals surface area contributed by atoms with Crippen molar-refractivity contribution in [3.63, 3.8) is 0 Å². The number of carbonyl (C=O) groups is 1. The van der Waals surface area contributed by atoms with Crippen LogP contribution in [-0.2, 0) is 0 Å². The lowest BCUT2D eigenvalue weighted by molar-refractivity contribution is -0.275. The molecule has 0 radical (unpaired) electrons. The van der Waals surface area contributed by atoms with Gasteiger partial charge in [0.2, 0.25) is 0 Å². The van der Waals surface area contributed by atoms with Gasteiger partial charge in [0.1, 0.15) is 0 Å². The summed E-state index contributed by atoms with van der Waals surface area (Å²) in [7, 11) is 0. The highest BCUT2D eigenvalue weighted by atomic mass is 19.4. The lowest BCUT2D eigenvalue weighted by atomic mass is 10.1. The molecular formula is C16H10F4O2. The van der Waals surface area contributed by atoms with Gasteiger partial charge in [-0.2, -0.15) is 0 Å². The van der Waals surface area contributed by atoms with Crippen LogP contribution in [-0.4, -0.2) is 12.1 Å². The Bertz CT molecular complexity index is 691. The number of benzene rings is 2. The molecule has 0 saturated carbocycles. The van der Waals surface area contributed by atoms with Gasteiger partial charge in [-0.3, -0.25) is 4.79 Å². The van der Waals surface area contributed by atoms with Gasteiger partial charge in [-0.25, -0.2) is 4.39 Å². The molecule has 2 nitrogen and oxygen atoms in total. The Morgan fingerprint density at radius 3 is 2.32 bits per heavy atom. The van der Waals surface area contributed by atoms with Crippen molar-refractivity contribution in [3.8, 4) is 5.75 Å². The summed E-state index contributed by atoms with van der Waals surface area (Å²) in [4.78, 5) is 11.9. The molecule has 0 bridgehead atoms. The summed E-state index contributed by atoms with van der Waals surface area (Å²) >= 11 is 0. The van der Waals surface area contributed by atoms with E-state index in [0.717, 1.165) is 17.7 Å². The van der Waals surface area contributed by atoms with Gasteiger partial charge < -0.3 is 4.74 Å². The third-order valence-corrected chi connectivity index (χ3v) is 2.67. The minimum atomic E-state index is -4.99. The van der Waals surface area contributed by atoms with Gasteiger partial charge in [0.25, 0.3) is 0 Å². The molecule has 0 spiro atoms. The van der Waals surface area contributed by atoms with Crippen molar-refractivity contribution in [2.75, 3.05) is 0 Å². The van der Waals surface area contributed by atoms with Crippen LogP contribution in [0.3, 0.4) is 0 Å². The average molecular weight is 310 g/mol. The van der Waals surface area contributed by atoms with Crippen LogP contribution in [0.4, 0.5) is 17.6 Å². The molecule has 2 rings (SSSR count). The normalized spacial score (nSPS) is 11.6. The fourth-order valence-corrected chi connectivity index (χ4v) is 1.69. The van der Waals surface area contributed by atoms with Crippen LogP contribution in [0.1, 0.15) is 15.9 Å². The Kier molecular flexibility index (Phi) is 4.60. The quantitative estimate of drug-likeness (QED) is 0.468. The summed E-state index contributed by atoms with van der Waals surface area (Å²) in [6.45, 7) is 0. The van der Waals surface area contributed by atoms with Crippen LogP contribution in [0.5, 0.6) is 5.75 Å². The second kappa shape index (κ2) is 6.43. The summed E-state index contributed by atoms with van der Waals surface area (Å²) in [5.41, 5.74) is 0.701. The van der Waals surface area contributed by atoms with E-state index < -0.39 is 23.7 Å². The van der Waals surface area contributed by atoms with Crippen molar-refractivity contribution in [2.24, 2.45) is 0 Å². The summed E-state index contributed by atoms with van der Waals surface area (Å²) in [5.74, 6) is -2.76. The first-order chi connectivity index (χ1) is 10.3. The van der Waals surface area contributed by atoms with Gasteiger partial charge in [-0.1, -0.05) is 36.4 Å². The maximum atomic E-state index is 13.5. The predicted molar refractivity (Wildman–Crippen MR) is 72.9 cm³/mol. The smallest absolute Gasteiger partial charge is 0.403 e. The summed E-state index contributed by atoms with van der Waals surface area (Å²) in [6, 6.07) is 11.5. The molecule has 0 aliphatic carbocycles. The van der Waals surface area contributed by atoms with Crippen molar-refractivity contribution in [1.29, 1.82) is 0 Å². The van der Waals surface area contributed by atoms with E-state index in [-0.39, 0.29) is 5.56 Å².